The van der Waals surface area contributed by atoms with Gasteiger partial charge in [0, 0.05) is 12.0 Å². The third kappa shape index (κ3) is 1.77. The quantitative estimate of drug-likeness (QED) is 0.788. The summed E-state index contributed by atoms with van der Waals surface area (Å²) in [7, 11) is 1.37. The van der Waals surface area contributed by atoms with E-state index in [2.05, 4.69) is 9.84 Å². The van der Waals surface area contributed by atoms with Crippen molar-refractivity contribution in [1.29, 1.82) is 0 Å². The Morgan fingerprint density at radius 2 is 2.38 bits per heavy atom. The van der Waals surface area contributed by atoms with Crippen molar-refractivity contribution >= 4 is 11.8 Å². The van der Waals surface area contributed by atoms with Gasteiger partial charge in [-0.05, 0) is 19.8 Å². The number of aromatic nitrogens is 2. The molecule has 0 aromatic carbocycles. The fourth-order valence-electron chi connectivity index (χ4n) is 1.91. The van der Waals surface area contributed by atoms with Gasteiger partial charge in [-0.2, -0.15) is 5.10 Å². The fourth-order valence-corrected chi connectivity index (χ4v) is 1.91. The van der Waals surface area contributed by atoms with Crippen LogP contribution in [0.4, 0.5) is 5.82 Å². The summed E-state index contributed by atoms with van der Waals surface area (Å²) in [5.41, 5.74) is 6.84. The molecule has 0 saturated heterocycles. The van der Waals surface area contributed by atoms with Crippen molar-refractivity contribution in [2.24, 2.45) is 0 Å². The van der Waals surface area contributed by atoms with Gasteiger partial charge >= 0.3 is 5.97 Å². The Morgan fingerprint density at radius 3 is 2.88 bits per heavy atom. The third-order valence-corrected chi connectivity index (χ3v) is 3.22. The maximum atomic E-state index is 11.4. The van der Waals surface area contributed by atoms with Crippen LogP contribution in [0.5, 0.6) is 0 Å². The van der Waals surface area contributed by atoms with Crippen LogP contribution >= 0.6 is 0 Å². The number of rotatable bonds is 3. The Hall–Kier alpha value is -1.52. The number of hydrogen-bond donors (Lipinski definition) is 1. The van der Waals surface area contributed by atoms with Crippen LogP contribution in [-0.4, -0.2) is 22.9 Å². The van der Waals surface area contributed by atoms with E-state index in [0.29, 0.717) is 11.7 Å². The van der Waals surface area contributed by atoms with Crippen molar-refractivity contribution in [2.45, 2.75) is 38.1 Å². The van der Waals surface area contributed by atoms with Crippen molar-refractivity contribution in [3.63, 3.8) is 0 Å². The molecule has 5 nitrogen and oxygen atoms in total. The van der Waals surface area contributed by atoms with Crippen molar-refractivity contribution in [3.05, 3.63) is 11.8 Å². The first-order chi connectivity index (χ1) is 7.63. The lowest BCUT2D eigenvalue weighted by Gasteiger charge is -2.23. The molecule has 1 aromatic rings. The van der Waals surface area contributed by atoms with Crippen LogP contribution in [0.1, 0.15) is 43.8 Å². The lowest BCUT2D eigenvalue weighted by atomic mass is 9.83. The fraction of sp³-hybridized carbons (Fsp3) is 0.636. The minimum Gasteiger partial charge on any atom is -0.467 e. The van der Waals surface area contributed by atoms with Gasteiger partial charge in [0.05, 0.1) is 12.8 Å². The molecular formula is C11H17N3O2. The van der Waals surface area contributed by atoms with Gasteiger partial charge in [0.2, 0.25) is 0 Å². The van der Waals surface area contributed by atoms with Crippen LogP contribution in [0.15, 0.2) is 6.07 Å². The molecule has 1 aliphatic carbocycles. The second kappa shape index (κ2) is 4.15. The lowest BCUT2D eigenvalue weighted by Crippen LogP contribution is -2.21. The highest BCUT2D eigenvalue weighted by atomic mass is 16.5. The van der Waals surface area contributed by atoms with Crippen molar-refractivity contribution in [3.8, 4) is 0 Å². The second-order valence-electron chi connectivity index (χ2n) is 4.27. The van der Waals surface area contributed by atoms with E-state index in [9.17, 15) is 4.79 Å². The molecule has 2 rings (SSSR count). The summed E-state index contributed by atoms with van der Waals surface area (Å²) < 4.78 is 6.22. The minimum atomic E-state index is -0.459. The summed E-state index contributed by atoms with van der Waals surface area (Å²) in [4.78, 5) is 11.4. The maximum Gasteiger partial charge on any atom is 0.330 e. The van der Waals surface area contributed by atoms with Gasteiger partial charge in [0.15, 0.2) is 0 Å². The lowest BCUT2D eigenvalue weighted by molar-refractivity contribution is -0.144. The van der Waals surface area contributed by atoms with Gasteiger partial charge in [-0.3, -0.25) is 0 Å². The van der Waals surface area contributed by atoms with Gasteiger partial charge in [0.1, 0.15) is 11.9 Å². The number of methoxy groups -OCH3 is 1. The van der Waals surface area contributed by atoms with Crippen LogP contribution in [0.25, 0.3) is 0 Å². The van der Waals surface area contributed by atoms with Crippen LogP contribution < -0.4 is 5.73 Å². The normalized spacial score (nSPS) is 17.9. The molecule has 1 fully saturated rings. The Balaban J connectivity index is 2.20. The molecule has 0 amide bonds. The van der Waals surface area contributed by atoms with E-state index in [1.54, 1.807) is 11.6 Å². The smallest absolute Gasteiger partial charge is 0.330 e. The number of nitrogen functional groups attached to an aromatic ring is 1. The van der Waals surface area contributed by atoms with Crippen molar-refractivity contribution in [2.75, 3.05) is 12.8 Å². The zero-order chi connectivity index (χ0) is 11.7. The van der Waals surface area contributed by atoms with E-state index in [-0.39, 0.29) is 5.97 Å². The molecular weight excluding hydrogens is 206 g/mol. The molecule has 0 unspecified atom stereocenters. The van der Waals surface area contributed by atoms with Crippen LogP contribution in [0.2, 0.25) is 0 Å². The summed E-state index contributed by atoms with van der Waals surface area (Å²) in [5, 5.41) is 4.39. The molecule has 0 aliphatic heterocycles. The Labute approximate surface area is 94.6 Å². The highest BCUT2D eigenvalue weighted by Gasteiger charge is 2.25. The molecule has 0 spiro atoms. The molecule has 0 bridgehead atoms. The molecule has 0 radical (unpaired) electrons. The van der Waals surface area contributed by atoms with E-state index in [0.717, 1.165) is 5.69 Å². The largest absolute Gasteiger partial charge is 0.467 e. The number of nitrogens with zero attached hydrogens (tertiary/aromatic N) is 2. The number of hydrogen-bond acceptors (Lipinski definition) is 4. The Kier molecular flexibility index (Phi) is 2.85. The Morgan fingerprint density at radius 1 is 1.69 bits per heavy atom. The zero-order valence-electron chi connectivity index (χ0n) is 9.64. The SMILES string of the molecule is COC(=O)[C@@H](C)n1nc(C2CCC2)cc1N. The average molecular weight is 223 g/mol. The van der Waals surface area contributed by atoms with E-state index in [4.69, 9.17) is 5.73 Å². The van der Waals surface area contributed by atoms with Gasteiger partial charge in [0.25, 0.3) is 0 Å². The molecule has 16 heavy (non-hydrogen) atoms. The first-order valence-corrected chi connectivity index (χ1v) is 5.56. The molecule has 2 N–H and O–H groups in total. The predicted octanol–water partition coefficient (Wildman–Crippen LogP) is 1.47. The van der Waals surface area contributed by atoms with E-state index in [1.165, 1.54) is 26.4 Å². The van der Waals surface area contributed by atoms with E-state index < -0.39 is 6.04 Å². The zero-order valence-corrected chi connectivity index (χ0v) is 9.64. The third-order valence-electron chi connectivity index (χ3n) is 3.22. The molecule has 1 aliphatic rings. The first kappa shape index (κ1) is 11.0. The first-order valence-electron chi connectivity index (χ1n) is 5.56. The molecule has 1 atom stereocenters. The van der Waals surface area contributed by atoms with E-state index in [1.807, 2.05) is 6.07 Å². The van der Waals surface area contributed by atoms with Gasteiger partial charge in [-0.1, -0.05) is 6.42 Å². The highest BCUT2D eigenvalue weighted by molar-refractivity contribution is 5.74. The van der Waals surface area contributed by atoms with Crippen molar-refractivity contribution in [1.82, 2.24) is 9.78 Å². The second-order valence-corrected chi connectivity index (χ2v) is 4.27. The van der Waals surface area contributed by atoms with Gasteiger partial charge < -0.3 is 10.5 Å². The number of carbonyl (C=O) groups is 1. The number of carbonyl (C=O) groups excluding carboxylic acids is 1. The molecule has 1 aromatic heterocycles. The number of nitrogens with two attached hydrogens (primary N) is 1. The summed E-state index contributed by atoms with van der Waals surface area (Å²) in [6, 6.07) is 1.40. The topological polar surface area (TPSA) is 70.1 Å². The van der Waals surface area contributed by atoms with E-state index >= 15 is 0 Å². The summed E-state index contributed by atoms with van der Waals surface area (Å²) >= 11 is 0. The highest BCUT2D eigenvalue weighted by Crippen LogP contribution is 2.36. The predicted molar refractivity (Wildman–Crippen MR) is 60.0 cm³/mol. The monoisotopic (exact) mass is 223 g/mol. The molecule has 1 saturated carbocycles. The number of anilines is 1. The summed E-state index contributed by atoms with van der Waals surface area (Å²) in [5.74, 6) is 0.725. The maximum absolute atomic E-state index is 11.4. The molecule has 5 heteroatoms. The summed E-state index contributed by atoms with van der Waals surface area (Å²) in [6.45, 7) is 1.74. The minimum absolute atomic E-state index is 0.324. The van der Waals surface area contributed by atoms with Crippen LogP contribution in [0, 0.1) is 0 Å². The standard InChI is InChI=1S/C11H17N3O2/c1-7(11(15)16-2)14-10(12)6-9(13-14)8-4-3-5-8/h6-8H,3-5,12H2,1-2H3/t7-/m1/s1. The van der Waals surface area contributed by atoms with Crippen LogP contribution in [-0.2, 0) is 9.53 Å². The Bertz CT molecular complexity index is 396. The number of ether oxygens (including phenoxy) is 1. The van der Waals surface area contributed by atoms with Gasteiger partial charge in [-0.15, -0.1) is 0 Å². The van der Waals surface area contributed by atoms with Crippen LogP contribution in [0.3, 0.4) is 0 Å². The molecule has 88 valence electrons. The van der Waals surface area contributed by atoms with Crippen molar-refractivity contribution < 1.29 is 9.53 Å². The average Bonchev–Trinajstić information content (AvgIpc) is 2.55. The summed E-state index contributed by atoms with van der Waals surface area (Å²) in [6.07, 6.45) is 3.59. The molecule has 1 heterocycles. The van der Waals surface area contributed by atoms with Gasteiger partial charge in [-0.25, -0.2) is 9.48 Å². The number of esters is 1.